The van der Waals surface area contributed by atoms with Crippen LogP contribution in [0, 0.1) is 5.92 Å². The van der Waals surface area contributed by atoms with Crippen molar-refractivity contribution >= 4 is 17.6 Å². The minimum Gasteiger partial charge on any atom is -0.409 e. The predicted molar refractivity (Wildman–Crippen MR) is 78.4 cm³/mol. The zero-order chi connectivity index (χ0) is 13.8. The van der Waals surface area contributed by atoms with Crippen LogP contribution in [-0.4, -0.2) is 16.8 Å². The molecular formula is C14H22N2OS. The summed E-state index contributed by atoms with van der Waals surface area (Å²) < 4.78 is 0. The molecule has 0 aliphatic rings. The van der Waals surface area contributed by atoms with Gasteiger partial charge < -0.3 is 10.9 Å². The van der Waals surface area contributed by atoms with Crippen molar-refractivity contribution in [1.29, 1.82) is 0 Å². The number of benzene rings is 1. The van der Waals surface area contributed by atoms with E-state index in [1.54, 1.807) is 11.8 Å². The van der Waals surface area contributed by atoms with Crippen molar-refractivity contribution in [3.05, 3.63) is 29.8 Å². The molecule has 3 nitrogen and oxygen atoms in total. The normalized spacial score (nSPS) is 14.6. The van der Waals surface area contributed by atoms with Crippen LogP contribution >= 0.6 is 11.8 Å². The average molecular weight is 266 g/mol. The maximum Gasteiger partial charge on any atom is 0.142 e. The van der Waals surface area contributed by atoms with E-state index in [1.165, 1.54) is 10.5 Å². The molecule has 1 aromatic rings. The molecule has 0 saturated heterocycles. The highest BCUT2D eigenvalue weighted by Gasteiger charge is 2.13. The number of amidine groups is 1. The second kappa shape index (κ2) is 6.14. The Bertz CT molecular complexity index is 407. The van der Waals surface area contributed by atoms with Crippen LogP contribution in [-0.2, 0) is 5.41 Å². The number of nitrogens with zero attached hydrogens (tertiary/aromatic N) is 1. The number of thioether (sulfide) groups is 1. The van der Waals surface area contributed by atoms with E-state index < -0.39 is 0 Å². The van der Waals surface area contributed by atoms with Crippen LogP contribution in [0.3, 0.4) is 0 Å². The van der Waals surface area contributed by atoms with Crippen LogP contribution in [0.15, 0.2) is 34.3 Å². The third-order valence-corrected chi connectivity index (χ3v) is 4.11. The summed E-state index contributed by atoms with van der Waals surface area (Å²) in [6.07, 6.45) is 0. The fraction of sp³-hybridized carbons (Fsp3) is 0.500. The van der Waals surface area contributed by atoms with Crippen molar-refractivity contribution in [1.82, 2.24) is 0 Å². The first-order valence-electron chi connectivity index (χ1n) is 6.05. The van der Waals surface area contributed by atoms with E-state index in [-0.39, 0.29) is 17.2 Å². The van der Waals surface area contributed by atoms with Crippen LogP contribution in [0.5, 0.6) is 0 Å². The second-order valence-corrected chi connectivity index (χ2v) is 6.60. The summed E-state index contributed by atoms with van der Waals surface area (Å²) in [4.78, 5) is 1.21. The Morgan fingerprint density at radius 2 is 1.89 bits per heavy atom. The Balaban J connectivity index is 2.60. The number of oxime groups is 1. The van der Waals surface area contributed by atoms with Crippen LogP contribution in [0.2, 0.25) is 0 Å². The number of hydrogen-bond donors (Lipinski definition) is 2. The first-order chi connectivity index (χ1) is 8.34. The van der Waals surface area contributed by atoms with Crippen LogP contribution in [0.4, 0.5) is 0 Å². The van der Waals surface area contributed by atoms with E-state index in [0.717, 1.165) is 5.75 Å². The Labute approximate surface area is 113 Å². The molecule has 100 valence electrons. The van der Waals surface area contributed by atoms with Gasteiger partial charge in [-0.2, -0.15) is 0 Å². The maximum atomic E-state index is 8.58. The van der Waals surface area contributed by atoms with Gasteiger partial charge in [0.1, 0.15) is 5.84 Å². The highest BCUT2D eigenvalue weighted by atomic mass is 32.2. The van der Waals surface area contributed by atoms with Crippen molar-refractivity contribution in [3.8, 4) is 0 Å². The molecular weight excluding hydrogens is 244 g/mol. The number of hydrogen-bond acceptors (Lipinski definition) is 3. The van der Waals surface area contributed by atoms with Crippen LogP contribution in [0.25, 0.3) is 0 Å². The van der Waals surface area contributed by atoms with Gasteiger partial charge in [0.25, 0.3) is 0 Å². The van der Waals surface area contributed by atoms with Gasteiger partial charge in [-0.25, -0.2) is 0 Å². The summed E-state index contributed by atoms with van der Waals surface area (Å²) >= 11 is 1.72. The average Bonchev–Trinajstić information content (AvgIpc) is 2.34. The van der Waals surface area contributed by atoms with Crippen molar-refractivity contribution in [3.63, 3.8) is 0 Å². The van der Waals surface area contributed by atoms with Gasteiger partial charge >= 0.3 is 0 Å². The molecule has 0 amide bonds. The molecule has 0 spiro atoms. The second-order valence-electron chi connectivity index (χ2n) is 5.51. The summed E-state index contributed by atoms with van der Waals surface area (Å²) in [6, 6.07) is 8.58. The summed E-state index contributed by atoms with van der Waals surface area (Å²) in [6.45, 7) is 8.56. The standard InChI is InChI=1S/C14H22N2OS/c1-10(13(15)16-17)9-18-12-7-5-11(6-8-12)14(2,3)4/h5-8,10,17H,9H2,1-4H3,(H2,15,16). The Morgan fingerprint density at radius 3 is 2.33 bits per heavy atom. The lowest BCUT2D eigenvalue weighted by Crippen LogP contribution is -2.22. The minimum atomic E-state index is 0.0716. The van der Waals surface area contributed by atoms with Gasteiger partial charge in [-0.05, 0) is 23.1 Å². The first kappa shape index (κ1) is 14.9. The molecule has 0 saturated carbocycles. The fourth-order valence-electron chi connectivity index (χ4n) is 1.46. The van der Waals surface area contributed by atoms with Crippen molar-refractivity contribution in [2.24, 2.45) is 16.8 Å². The molecule has 0 fully saturated rings. The van der Waals surface area contributed by atoms with Crippen molar-refractivity contribution < 1.29 is 5.21 Å². The van der Waals surface area contributed by atoms with Crippen molar-refractivity contribution in [2.75, 3.05) is 5.75 Å². The fourth-order valence-corrected chi connectivity index (χ4v) is 2.40. The monoisotopic (exact) mass is 266 g/mol. The summed E-state index contributed by atoms with van der Waals surface area (Å²) in [5.74, 6) is 1.17. The highest BCUT2D eigenvalue weighted by Crippen LogP contribution is 2.26. The molecule has 0 bridgehead atoms. The number of nitrogens with two attached hydrogens (primary N) is 1. The van der Waals surface area contributed by atoms with Gasteiger partial charge in [0.15, 0.2) is 0 Å². The third kappa shape index (κ3) is 4.26. The van der Waals surface area contributed by atoms with Gasteiger partial charge in [0.05, 0.1) is 0 Å². The maximum absolute atomic E-state index is 8.58. The van der Waals surface area contributed by atoms with Crippen LogP contribution < -0.4 is 5.73 Å². The topological polar surface area (TPSA) is 58.6 Å². The zero-order valence-electron chi connectivity index (χ0n) is 11.5. The van der Waals surface area contributed by atoms with E-state index in [4.69, 9.17) is 10.9 Å². The summed E-state index contributed by atoms with van der Waals surface area (Å²) in [5.41, 5.74) is 7.06. The first-order valence-corrected chi connectivity index (χ1v) is 7.04. The molecule has 0 radical (unpaired) electrons. The molecule has 1 rings (SSSR count). The predicted octanol–water partition coefficient (Wildman–Crippen LogP) is 3.46. The molecule has 4 heteroatoms. The zero-order valence-corrected chi connectivity index (χ0v) is 12.3. The van der Waals surface area contributed by atoms with E-state index in [2.05, 4.69) is 50.2 Å². The van der Waals surface area contributed by atoms with Gasteiger partial charge in [0.2, 0.25) is 0 Å². The minimum absolute atomic E-state index is 0.0716. The lowest BCUT2D eigenvalue weighted by molar-refractivity contribution is 0.315. The van der Waals surface area contributed by atoms with Crippen LogP contribution in [0.1, 0.15) is 33.3 Å². The summed E-state index contributed by atoms with van der Waals surface area (Å²) in [5, 5.41) is 11.6. The van der Waals surface area contributed by atoms with Gasteiger partial charge in [-0.15, -0.1) is 11.8 Å². The Kier molecular flexibility index (Phi) is 5.08. The molecule has 0 aliphatic carbocycles. The van der Waals surface area contributed by atoms with Crippen molar-refractivity contribution in [2.45, 2.75) is 38.0 Å². The van der Waals surface area contributed by atoms with E-state index >= 15 is 0 Å². The van der Waals surface area contributed by atoms with E-state index in [9.17, 15) is 0 Å². The highest BCUT2D eigenvalue weighted by molar-refractivity contribution is 7.99. The smallest absolute Gasteiger partial charge is 0.142 e. The SMILES string of the molecule is CC(CSc1ccc(C(C)(C)C)cc1)/C(N)=N/O. The molecule has 3 N–H and O–H groups in total. The van der Waals surface area contributed by atoms with E-state index in [0.29, 0.717) is 0 Å². The molecule has 0 aliphatic heterocycles. The Hall–Kier alpha value is -1.16. The van der Waals surface area contributed by atoms with Gasteiger partial charge in [0, 0.05) is 16.6 Å². The molecule has 0 aromatic heterocycles. The lowest BCUT2D eigenvalue weighted by Gasteiger charge is -2.19. The molecule has 1 atom stereocenters. The quantitative estimate of drug-likeness (QED) is 0.288. The molecule has 18 heavy (non-hydrogen) atoms. The van der Waals surface area contributed by atoms with E-state index in [1.807, 2.05) is 6.92 Å². The molecule has 1 unspecified atom stereocenters. The lowest BCUT2D eigenvalue weighted by atomic mass is 9.87. The number of rotatable bonds is 4. The molecule has 1 aromatic carbocycles. The largest absolute Gasteiger partial charge is 0.409 e. The van der Waals surface area contributed by atoms with Gasteiger partial charge in [-0.3, -0.25) is 0 Å². The molecule has 0 heterocycles. The summed E-state index contributed by atoms with van der Waals surface area (Å²) in [7, 11) is 0. The third-order valence-electron chi connectivity index (χ3n) is 2.84. The Morgan fingerprint density at radius 1 is 1.33 bits per heavy atom. The van der Waals surface area contributed by atoms with Gasteiger partial charge in [-0.1, -0.05) is 45.0 Å².